The summed E-state index contributed by atoms with van der Waals surface area (Å²) in [4.78, 5) is 16.4. The quantitative estimate of drug-likeness (QED) is 0.736. The van der Waals surface area contributed by atoms with Gasteiger partial charge in [0, 0.05) is 18.9 Å². The van der Waals surface area contributed by atoms with Crippen molar-refractivity contribution in [3.63, 3.8) is 0 Å². The van der Waals surface area contributed by atoms with Crippen LogP contribution in [-0.4, -0.2) is 25.4 Å². The Morgan fingerprint density at radius 2 is 1.88 bits per heavy atom. The summed E-state index contributed by atoms with van der Waals surface area (Å²) in [5.74, 6) is -0.856. The lowest BCUT2D eigenvalue weighted by Gasteiger charge is -2.20. The van der Waals surface area contributed by atoms with Crippen molar-refractivity contribution in [2.75, 3.05) is 0 Å². The van der Waals surface area contributed by atoms with E-state index in [1.54, 1.807) is 18.5 Å². The van der Waals surface area contributed by atoms with Crippen LogP contribution in [0.2, 0.25) is 0 Å². The third-order valence-electron chi connectivity index (χ3n) is 3.63. The highest BCUT2D eigenvalue weighted by molar-refractivity contribution is 7.89. The van der Waals surface area contributed by atoms with Gasteiger partial charge in [-0.25, -0.2) is 12.8 Å². The highest BCUT2D eigenvalue weighted by Crippen LogP contribution is 2.13. The van der Waals surface area contributed by atoms with E-state index in [0.29, 0.717) is 6.42 Å². The van der Waals surface area contributed by atoms with Gasteiger partial charge in [0.2, 0.25) is 15.9 Å². The summed E-state index contributed by atoms with van der Waals surface area (Å²) in [7, 11) is -3.94. The average molecular weight is 379 g/mol. The third-order valence-corrected chi connectivity index (χ3v) is 5.12. The first-order valence-electron chi connectivity index (χ1n) is 8.22. The first-order chi connectivity index (χ1) is 12.3. The van der Waals surface area contributed by atoms with Gasteiger partial charge in [0.1, 0.15) is 11.9 Å². The summed E-state index contributed by atoms with van der Waals surface area (Å²) in [6, 6.07) is 7.09. The topological polar surface area (TPSA) is 88.2 Å². The van der Waals surface area contributed by atoms with Crippen molar-refractivity contribution in [2.24, 2.45) is 5.92 Å². The average Bonchev–Trinajstić information content (AvgIpc) is 2.60. The molecule has 140 valence electrons. The minimum Gasteiger partial charge on any atom is -0.351 e. The van der Waals surface area contributed by atoms with E-state index < -0.39 is 27.8 Å². The molecule has 1 heterocycles. The number of halogens is 1. The molecule has 0 spiro atoms. The van der Waals surface area contributed by atoms with Gasteiger partial charge in [-0.1, -0.05) is 19.9 Å². The third kappa shape index (κ3) is 5.89. The van der Waals surface area contributed by atoms with Crippen LogP contribution >= 0.6 is 0 Å². The molecule has 0 saturated heterocycles. The number of sulfonamides is 1. The molecule has 0 unspecified atom stereocenters. The SMILES string of the molecule is CC(C)C[C@@H](NS(=O)(=O)c1ccc(F)cc1)C(=O)NCc1cccnc1. The second-order valence-electron chi connectivity index (χ2n) is 6.34. The second kappa shape index (κ2) is 8.86. The van der Waals surface area contributed by atoms with Gasteiger partial charge in [0.05, 0.1) is 4.90 Å². The Balaban J connectivity index is 2.10. The van der Waals surface area contributed by atoms with Crippen molar-refractivity contribution < 1.29 is 17.6 Å². The van der Waals surface area contributed by atoms with E-state index >= 15 is 0 Å². The Bertz CT molecular complexity index is 825. The molecular weight excluding hydrogens is 357 g/mol. The highest BCUT2D eigenvalue weighted by atomic mass is 32.2. The Kier molecular flexibility index (Phi) is 6.82. The lowest BCUT2D eigenvalue weighted by atomic mass is 10.0. The fraction of sp³-hybridized carbons (Fsp3) is 0.333. The molecule has 0 saturated carbocycles. The monoisotopic (exact) mass is 379 g/mol. The molecule has 2 aromatic rings. The van der Waals surface area contributed by atoms with Crippen molar-refractivity contribution in [3.05, 3.63) is 60.2 Å². The summed E-state index contributed by atoms with van der Waals surface area (Å²) in [6.07, 6.45) is 3.59. The summed E-state index contributed by atoms with van der Waals surface area (Å²) in [5, 5.41) is 2.72. The maximum atomic E-state index is 13.0. The molecule has 1 aromatic carbocycles. The number of hydrogen-bond donors (Lipinski definition) is 2. The van der Waals surface area contributed by atoms with E-state index in [9.17, 15) is 17.6 Å². The van der Waals surface area contributed by atoms with Gasteiger partial charge in [-0.15, -0.1) is 0 Å². The van der Waals surface area contributed by atoms with E-state index in [0.717, 1.165) is 29.8 Å². The number of carbonyl (C=O) groups excluding carboxylic acids is 1. The molecule has 1 atom stereocenters. The Morgan fingerprint density at radius 3 is 2.46 bits per heavy atom. The molecule has 0 aliphatic rings. The van der Waals surface area contributed by atoms with Gasteiger partial charge in [0.15, 0.2) is 0 Å². The van der Waals surface area contributed by atoms with Crippen LogP contribution in [0.1, 0.15) is 25.8 Å². The number of aromatic nitrogens is 1. The summed E-state index contributed by atoms with van der Waals surface area (Å²) >= 11 is 0. The van der Waals surface area contributed by atoms with Crippen LogP contribution in [0, 0.1) is 11.7 Å². The molecule has 26 heavy (non-hydrogen) atoms. The van der Waals surface area contributed by atoms with Crippen LogP contribution in [0.15, 0.2) is 53.7 Å². The molecule has 0 fully saturated rings. The first kappa shape index (κ1) is 20.0. The number of hydrogen-bond acceptors (Lipinski definition) is 4. The Labute approximate surface area is 152 Å². The molecule has 0 bridgehead atoms. The van der Waals surface area contributed by atoms with Gasteiger partial charge in [-0.2, -0.15) is 4.72 Å². The molecule has 1 amide bonds. The van der Waals surface area contributed by atoms with Crippen LogP contribution in [0.4, 0.5) is 4.39 Å². The minimum atomic E-state index is -3.94. The summed E-state index contributed by atoms with van der Waals surface area (Å²) in [5.41, 5.74) is 0.811. The zero-order valence-corrected chi connectivity index (χ0v) is 15.5. The number of benzene rings is 1. The van der Waals surface area contributed by atoms with Gasteiger partial charge in [-0.3, -0.25) is 9.78 Å². The van der Waals surface area contributed by atoms with Crippen LogP contribution in [0.3, 0.4) is 0 Å². The van der Waals surface area contributed by atoms with Gasteiger partial charge < -0.3 is 5.32 Å². The zero-order valence-electron chi connectivity index (χ0n) is 14.6. The molecule has 6 nitrogen and oxygen atoms in total. The first-order valence-corrected chi connectivity index (χ1v) is 9.71. The number of amides is 1. The number of pyridine rings is 1. The van der Waals surface area contributed by atoms with Crippen molar-refractivity contribution in [2.45, 2.75) is 37.8 Å². The molecule has 0 aliphatic carbocycles. The van der Waals surface area contributed by atoms with Gasteiger partial charge in [0.25, 0.3) is 0 Å². The minimum absolute atomic E-state index is 0.0901. The number of nitrogens with zero attached hydrogens (tertiary/aromatic N) is 1. The normalized spacial score (nSPS) is 12.8. The fourth-order valence-electron chi connectivity index (χ4n) is 2.36. The fourth-order valence-corrected chi connectivity index (χ4v) is 3.57. The summed E-state index contributed by atoms with van der Waals surface area (Å²) in [6.45, 7) is 4.04. The van der Waals surface area contributed by atoms with E-state index in [-0.39, 0.29) is 17.4 Å². The van der Waals surface area contributed by atoms with Crippen LogP contribution < -0.4 is 10.0 Å². The second-order valence-corrected chi connectivity index (χ2v) is 8.05. The Morgan fingerprint density at radius 1 is 1.19 bits per heavy atom. The molecule has 2 rings (SSSR count). The van der Waals surface area contributed by atoms with Gasteiger partial charge in [-0.05, 0) is 48.2 Å². The molecule has 8 heteroatoms. The number of nitrogens with one attached hydrogen (secondary N) is 2. The number of carbonyl (C=O) groups is 1. The smallest absolute Gasteiger partial charge is 0.241 e. The van der Waals surface area contributed by atoms with E-state index in [2.05, 4.69) is 15.0 Å². The predicted octanol–water partition coefficient (Wildman–Crippen LogP) is 2.23. The maximum absolute atomic E-state index is 13.0. The lowest BCUT2D eigenvalue weighted by molar-refractivity contribution is -0.123. The van der Waals surface area contributed by atoms with Crippen molar-refractivity contribution in [3.8, 4) is 0 Å². The number of rotatable bonds is 8. The molecule has 2 N–H and O–H groups in total. The maximum Gasteiger partial charge on any atom is 0.241 e. The van der Waals surface area contributed by atoms with E-state index in [4.69, 9.17) is 0 Å². The largest absolute Gasteiger partial charge is 0.351 e. The Hall–Kier alpha value is -2.32. The van der Waals surface area contributed by atoms with E-state index in [1.165, 1.54) is 0 Å². The molecule has 1 aromatic heterocycles. The lowest BCUT2D eigenvalue weighted by Crippen LogP contribution is -2.47. The van der Waals surface area contributed by atoms with Crippen LogP contribution in [-0.2, 0) is 21.4 Å². The highest BCUT2D eigenvalue weighted by Gasteiger charge is 2.26. The van der Waals surface area contributed by atoms with Crippen molar-refractivity contribution in [1.82, 2.24) is 15.0 Å². The van der Waals surface area contributed by atoms with Crippen molar-refractivity contribution in [1.29, 1.82) is 0 Å². The molecular formula is C18H22FN3O3S. The van der Waals surface area contributed by atoms with Crippen LogP contribution in [0.5, 0.6) is 0 Å². The van der Waals surface area contributed by atoms with Gasteiger partial charge >= 0.3 is 0 Å². The summed E-state index contributed by atoms with van der Waals surface area (Å²) < 4.78 is 40.4. The zero-order chi connectivity index (χ0) is 19.2. The van der Waals surface area contributed by atoms with Crippen LogP contribution in [0.25, 0.3) is 0 Å². The predicted molar refractivity (Wildman–Crippen MR) is 96.0 cm³/mol. The van der Waals surface area contributed by atoms with E-state index in [1.807, 2.05) is 19.9 Å². The molecule has 0 radical (unpaired) electrons. The molecule has 0 aliphatic heterocycles. The van der Waals surface area contributed by atoms with Crippen molar-refractivity contribution >= 4 is 15.9 Å². The standard InChI is InChI=1S/C18H22FN3O3S/c1-13(2)10-17(18(23)21-12-14-4-3-9-20-11-14)22-26(24,25)16-7-5-15(19)6-8-16/h3-9,11,13,17,22H,10,12H2,1-2H3,(H,21,23)/t17-/m1/s1.